The molecule has 0 atom stereocenters. The molecule has 0 aromatic carbocycles. The van der Waals surface area contributed by atoms with Gasteiger partial charge in [-0.15, -0.1) is 11.3 Å². The van der Waals surface area contributed by atoms with Crippen LogP contribution in [0.3, 0.4) is 0 Å². The highest BCUT2D eigenvalue weighted by Gasteiger charge is 2.19. The van der Waals surface area contributed by atoms with Crippen LogP contribution in [0.2, 0.25) is 0 Å². The molecule has 1 heterocycles. The largest absolute Gasteiger partial charge is 0.316 e. The van der Waals surface area contributed by atoms with Crippen molar-refractivity contribution in [2.24, 2.45) is 5.41 Å². The number of rotatable bonds is 6. The third kappa shape index (κ3) is 4.76. The topological polar surface area (TPSA) is 24.9 Å². The third-order valence-corrected chi connectivity index (χ3v) is 3.29. The molecule has 0 aliphatic rings. The summed E-state index contributed by atoms with van der Waals surface area (Å²) in [4.78, 5) is 4.51. The molecule has 0 unspecified atom stereocenters. The number of aryl methyl sites for hydroxylation is 1. The summed E-state index contributed by atoms with van der Waals surface area (Å²) in [5, 5.41) is 6.87. The molecular weight excluding hydrogens is 204 g/mol. The van der Waals surface area contributed by atoms with Crippen LogP contribution in [0.15, 0.2) is 5.38 Å². The summed E-state index contributed by atoms with van der Waals surface area (Å²) in [5.74, 6) is 0. The van der Waals surface area contributed by atoms with Gasteiger partial charge in [-0.1, -0.05) is 20.8 Å². The summed E-state index contributed by atoms with van der Waals surface area (Å²) in [5.41, 5.74) is 1.45. The smallest absolute Gasteiger partial charge is 0.0933 e. The van der Waals surface area contributed by atoms with E-state index in [2.05, 4.69) is 43.4 Å². The van der Waals surface area contributed by atoms with Crippen LogP contribution in [0.4, 0.5) is 0 Å². The number of nitrogens with zero attached hydrogens (tertiary/aromatic N) is 1. The van der Waals surface area contributed by atoms with Crippen molar-refractivity contribution in [3.05, 3.63) is 16.1 Å². The van der Waals surface area contributed by atoms with E-state index in [-0.39, 0.29) is 0 Å². The maximum Gasteiger partial charge on any atom is 0.0933 e. The second kappa shape index (κ2) is 5.61. The van der Waals surface area contributed by atoms with E-state index in [1.165, 1.54) is 11.4 Å². The molecule has 1 aromatic rings. The Morgan fingerprint density at radius 2 is 2.20 bits per heavy atom. The zero-order chi connectivity index (χ0) is 11.3. The molecule has 0 amide bonds. The molecule has 1 aromatic heterocycles. The normalized spacial score (nSPS) is 12.0. The van der Waals surface area contributed by atoms with Crippen molar-refractivity contribution in [3.8, 4) is 0 Å². The molecule has 0 bridgehead atoms. The fourth-order valence-corrected chi connectivity index (χ4v) is 2.59. The van der Waals surface area contributed by atoms with Crippen LogP contribution in [0, 0.1) is 12.3 Å². The summed E-state index contributed by atoms with van der Waals surface area (Å²) in [7, 11) is 0. The fourth-order valence-electron chi connectivity index (χ4n) is 1.56. The lowest BCUT2D eigenvalue weighted by molar-refractivity contribution is 0.338. The molecule has 0 radical (unpaired) electrons. The van der Waals surface area contributed by atoms with Gasteiger partial charge in [0.25, 0.3) is 0 Å². The highest BCUT2D eigenvalue weighted by molar-refractivity contribution is 7.09. The van der Waals surface area contributed by atoms with Gasteiger partial charge in [0.1, 0.15) is 0 Å². The highest BCUT2D eigenvalue weighted by atomic mass is 32.1. The zero-order valence-corrected chi connectivity index (χ0v) is 11.1. The molecule has 0 spiro atoms. The lowest BCUT2D eigenvalue weighted by atomic mass is 9.89. The number of hydrogen-bond donors (Lipinski definition) is 1. The lowest BCUT2D eigenvalue weighted by Crippen LogP contribution is -2.31. The van der Waals surface area contributed by atoms with Crippen molar-refractivity contribution in [3.63, 3.8) is 0 Å². The third-order valence-electron chi connectivity index (χ3n) is 2.33. The number of hydrogen-bond acceptors (Lipinski definition) is 3. The predicted octanol–water partition coefficient (Wildman–Crippen LogP) is 3.02. The molecule has 15 heavy (non-hydrogen) atoms. The second-order valence-electron chi connectivity index (χ2n) is 4.90. The average molecular weight is 226 g/mol. The molecule has 0 saturated carbocycles. The van der Waals surface area contributed by atoms with E-state index in [0.29, 0.717) is 5.41 Å². The van der Waals surface area contributed by atoms with Gasteiger partial charge < -0.3 is 5.32 Å². The van der Waals surface area contributed by atoms with Crippen LogP contribution < -0.4 is 5.32 Å². The van der Waals surface area contributed by atoms with E-state index in [1.54, 1.807) is 11.3 Å². The minimum Gasteiger partial charge on any atom is -0.316 e. The van der Waals surface area contributed by atoms with Crippen LogP contribution in [0.5, 0.6) is 0 Å². The van der Waals surface area contributed by atoms with E-state index < -0.39 is 0 Å². The average Bonchev–Trinajstić information content (AvgIpc) is 2.50. The van der Waals surface area contributed by atoms with Crippen molar-refractivity contribution in [1.29, 1.82) is 0 Å². The number of aromatic nitrogens is 1. The number of nitrogens with one attached hydrogen (secondary N) is 1. The predicted molar refractivity (Wildman–Crippen MR) is 67.5 cm³/mol. The van der Waals surface area contributed by atoms with Crippen molar-refractivity contribution >= 4 is 11.3 Å². The van der Waals surface area contributed by atoms with Gasteiger partial charge in [0.05, 0.1) is 5.01 Å². The summed E-state index contributed by atoms with van der Waals surface area (Å²) >= 11 is 1.78. The second-order valence-corrected chi connectivity index (χ2v) is 5.84. The standard InChI is InChI=1S/C12H22N2S/c1-5-6-13-9-12(3,4)7-11-14-10(2)8-15-11/h8,13H,5-7,9H2,1-4H3. The molecule has 0 fully saturated rings. The van der Waals surface area contributed by atoms with E-state index in [9.17, 15) is 0 Å². The first-order valence-electron chi connectivity index (χ1n) is 5.65. The molecular formula is C12H22N2S. The van der Waals surface area contributed by atoms with Gasteiger partial charge in [0.15, 0.2) is 0 Å². The molecule has 0 aliphatic heterocycles. The van der Waals surface area contributed by atoms with Crippen molar-refractivity contribution < 1.29 is 0 Å². The monoisotopic (exact) mass is 226 g/mol. The van der Waals surface area contributed by atoms with Crippen LogP contribution in [-0.2, 0) is 6.42 Å². The summed E-state index contributed by atoms with van der Waals surface area (Å²) in [6.45, 7) is 11.0. The summed E-state index contributed by atoms with van der Waals surface area (Å²) < 4.78 is 0. The molecule has 1 N–H and O–H groups in total. The van der Waals surface area contributed by atoms with E-state index >= 15 is 0 Å². The van der Waals surface area contributed by atoms with Crippen LogP contribution in [0.25, 0.3) is 0 Å². The highest BCUT2D eigenvalue weighted by Crippen LogP contribution is 2.23. The first-order valence-corrected chi connectivity index (χ1v) is 6.53. The van der Waals surface area contributed by atoms with Crippen LogP contribution >= 0.6 is 11.3 Å². The van der Waals surface area contributed by atoms with Crippen LogP contribution in [0.1, 0.15) is 37.9 Å². The minimum absolute atomic E-state index is 0.305. The molecule has 0 aliphatic carbocycles. The maximum absolute atomic E-state index is 4.51. The van der Waals surface area contributed by atoms with Gasteiger partial charge in [-0.25, -0.2) is 4.98 Å². The minimum atomic E-state index is 0.305. The molecule has 2 nitrogen and oxygen atoms in total. The van der Waals surface area contributed by atoms with Crippen molar-refractivity contribution in [2.75, 3.05) is 13.1 Å². The Kier molecular flexibility index (Phi) is 4.74. The molecule has 0 saturated heterocycles. The van der Waals surface area contributed by atoms with E-state index in [0.717, 1.165) is 25.2 Å². The SMILES string of the molecule is CCCNCC(C)(C)Cc1nc(C)cs1. The Balaban J connectivity index is 2.41. The fraction of sp³-hybridized carbons (Fsp3) is 0.750. The molecule has 86 valence electrons. The van der Waals surface area contributed by atoms with E-state index in [4.69, 9.17) is 0 Å². The van der Waals surface area contributed by atoms with Crippen LogP contribution in [-0.4, -0.2) is 18.1 Å². The lowest BCUT2D eigenvalue weighted by Gasteiger charge is -2.23. The summed E-state index contributed by atoms with van der Waals surface area (Å²) in [6, 6.07) is 0. The summed E-state index contributed by atoms with van der Waals surface area (Å²) in [6.07, 6.45) is 2.27. The number of thiazole rings is 1. The van der Waals surface area contributed by atoms with Gasteiger partial charge in [-0.2, -0.15) is 0 Å². The molecule has 1 rings (SSSR count). The first kappa shape index (κ1) is 12.7. The zero-order valence-electron chi connectivity index (χ0n) is 10.3. The maximum atomic E-state index is 4.51. The Bertz CT molecular complexity index is 292. The van der Waals surface area contributed by atoms with Crippen molar-refractivity contribution in [1.82, 2.24) is 10.3 Å². The molecule has 3 heteroatoms. The quantitative estimate of drug-likeness (QED) is 0.754. The van der Waals surface area contributed by atoms with Gasteiger partial charge in [0.2, 0.25) is 0 Å². The van der Waals surface area contributed by atoms with Gasteiger partial charge in [-0.05, 0) is 25.3 Å². The van der Waals surface area contributed by atoms with E-state index in [1.807, 2.05) is 0 Å². The van der Waals surface area contributed by atoms with Gasteiger partial charge in [0, 0.05) is 24.0 Å². The van der Waals surface area contributed by atoms with Gasteiger partial charge in [-0.3, -0.25) is 0 Å². The Labute approximate surface area is 97.1 Å². The Hall–Kier alpha value is -0.410. The first-order chi connectivity index (χ1) is 7.03. The Morgan fingerprint density at radius 3 is 2.73 bits per heavy atom. The Morgan fingerprint density at radius 1 is 1.47 bits per heavy atom. The van der Waals surface area contributed by atoms with Crippen molar-refractivity contribution in [2.45, 2.75) is 40.5 Å². The van der Waals surface area contributed by atoms with Gasteiger partial charge >= 0.3 is 0 Å².